The van der Waals surface area contributed by atoms with Crippen LogP contribution in [0.15, 0.2) is 30.3 Å². The van der Waals surface area contributed by atoms with Gasteiger partial charge in [0.2, 0.25) is 0 Å². The molecule has 2 unspecified atom stereocenters. The molecule has 0 aliphatic carbocycles. The number of hydrogen-bond donors (Lipinski definition) is 3. The number of rotatable bonds is 4. The maximum absolute atomic E-state index is 10.1. The van der Waals surface area contributed by atoms with Crippen LogP contribution in [0.5, 0.6) is 0 Å². The molecule has 0 bridgehead atoms. The van der Waals surface area contributed by atoms with E-state index >= 15 is 0 Å². The second-order valence-corrected chi connectivity index (χ2v) is 5.84. The Hall–Kier alpha value is -0.900. The first-order chi connectivity index (χ1) is 8.59. The standard InChI is InChI=1S/C15H24N2O/c1-15(2)11-16-9-8-14(15)17-10-13(18)12-6-4-3-5-7-12/h3-7,13-14,16-18H,8-11H2,1-2H3. The fourth-order valence-corrected chi connectivity index (χ4v) is 2.60. The summed E-state index contributed by atoms with van der Waals surface area (Å²) in [5.74, 6) is 0. The fraction of sp³-hybridized carbons (Fsp3) is 0.600. The third kappa shape index (κ3) is 3.31. The summed E-state index contributed by atoms with van der Waals surface area (Å²) in [5, 5.41) is 17.1. The molecule has 3 N–H and O–H groups in total. The van der Waals surface area contributed by atoms with Crippen molar-refractivity contribution in [2.75, 3.05) is 19.6 Å². The van der Waals surface area contributed by atoms with E-state index in [0.717, 1.165) is 25.1 Å². The zero-order chi connectivity index (χ0) is 13.0. The molecule has 0 aromatic heterocycles. The zero-order valence-corrected chi connectivity index (χ0v) is 11.3. The molecule has 1 aliphatic heterocycles. The minimum atomic E-state index is -0.420. The fourth-order valence-electron chi connectivity index (χ4n) is 2.60. The second kappa shape index (κ2) is 5.83. The first-order valence-corrected chi connectivity index (χ1v) is 6.77. The number of nitrogens with one attached hydrogen (secondary N) is 2. The van der Waals surface area contributed by atoms with Crippen LogP contribution in [0.3, 0.4) is 0 Å². The second-order valence-electron chi connectivity index (χ2n) is 5.84. The zero-order valence-electron chi connectivity index (χ0n) is 11.3. The van der Waals surface area contributed by atoms with Crippen LogP contribution in [0.1, 0.15) is 31.9 Å². The lowest BCUT2D eigenvalue weighted by Crippen LogP contribution is -2.53. The van der Waals surface area contributed by atoms with Gasteiger partial charge in [-0.2, -0.15) is 0 Å². The van der Waals surface area contributed by atoms with E-state index in [1.807, 2.05) is 30.3 Å². The van der Waals surface area contributed by atoms with E-state index in [1.54, 1.807) is 0 Å². The topological polar surface area (TPSA) is 44.3 Å². The molecule has 0 spiro atoms. The Bertz CT molecular complexity index is 364. The largest absolute Gasteiger partial charge is 0.387 e. The predicted molar refractivity (Wildman–Crippen MR) is 74.5 cm³/mol. The van der Waals surface area contributed by atoms with Crippen LogP contribution < -0.4 is 10.6 Å². The highest BCUT2D eigenvalue weighted by Crippen LogP contribution is 2.25. The highest BCUT2D eigenvalue weighted by molar-refractivity contribution is 5.17. The summed E-state index contributed by atoms with van der Waals surface area (Å²) >= 11 is 0. The average molecular weight is 248 g/mol. The summed E-state index contributed by atoms with van der Waals surface area (Å²) < 4.78 is 0. The smallest absolute Gasteiger partial charge is 0.0914 e. The minimum absolute atomic E-state index is 0.245. The first-order valence-electron chi connectivity index (χ1n) is 6.77. The van der Waals surface area contributed by atoms with Gasteiger partial charge >= 0.3 is 0 Å². The van der Waals surface area contributed by atoms with Gasteiger partial charge in [-0.3, -0.25) is 0 Å². The van der Waals surface area contributed by atoms with Crippen LogP contribution in [-0.4, -0.2) is 30.8 Å². The molecule has 3 heteroatoms. The third-order valence-electron chi connectivity index (χ3n) is 3.88. The molecule has 100 valence electrons. The molecule has 0 radical (unpaired) electrons. The SMILES string of the molecule is CC1(C)CNCCC1NCC(O)c1ccccc1. The predicted octanol–water partition coefficient (Wildman–Crippen LogP) is 1.70. The molecule has 1 fully saturated rings. The summed E-state index contributed by atoms with van der Waals surface area (Å²) in [5.41, 5.74) is 1.23. The lowest BCUT2D eigenvalue weighted by atomic mass is 9.80. The molecule has 2 rings (SSSR count). The van der Waals surface area contributed by atoms with Crippen LogP contribution in [0, 0.1) is 5.41 Å². The van der Waals surface area contributed by atoms with Crippen LogP contribution in [0.25, 0.3) is 0 Å². The van der Waals surface area contributed by atoms with Crippen molar-refractivity contribution in [3.05, 3.63) is 35.9 Å². The Balaban J connectivity index is 1.87. The van der Waals surface area contributed by atoms with Crippen molar-refractivity contribution in [2.45, 2.75) is 32.4 Å². The normalized spacial score (nSPS) is 24.7. The van der Waals surface area contributed by atoms with Gasteiger partial charge in [0.05, 0.1) is 6.10 Å². The van der Waals surface area contributed by atoms with Gasteiger partial charge in [-0.25, -0.2) is 0 Å². The van der Waals surface area contributed by atoms with Gasteiger partial charge in [0, 0.05) is 19.1 Å². The van der Waals surface area contributed by atoms with E-state index in [0.29, 0.717) is 12.6 Å². The van der Waals surface area contributed by atoms with Crippen molar-refractivity contribution in [3.8, 4) is 0 Å². The molecule has 1 saturated heterocycles. The molecule has 3 nitrogen and oxygen atoms in total. The van der Waals surface area contributed by atoms with Gasteiger partial charge in [-0.05, 0) is 23.9 Å². The van der Waals surface area contributed by atoms with Gasteiger partial charge in [0.15, 0.2) is 0 Å². The van der Waals surface area contributed by atoms with Crippen molar-refractivity contribution in [2.24, 2.45) is 5.41 Å². The Morgan fingerprint density at radius 3 is 2.78 bits per heavy atom. The number of aliphatic hydroxyl groups excluding tert-OH is 1. The van der Waals surface area contributed by atoms with Crippen LogP contribution in [0.2, 0.25) is 0 Å². The average Bonchev–Trinajstić information content (AvgIpc) is 2.38. The molecule has 0 amide bonds. The van der Waals surface area contributed by atoms with Crippen molar-refractivity contribution >= 4 is 0 Å². The summed E-state index contributed by atoms with van der Waals surface area (Å²) in [6.07, 6.45) is 0.700. The summed E-state index contributed by atoms with van der Waals surface area (Å²) in [7, 11) is 0. The van der Waals surface area contributed by atoms with Crippen LogP contribution >= 0.6 is 0 Å². The molecule has 2 atom stereocenters. The third-order valence-corrected chi connectivity index (χ3v) is 3.88. The molecule has 1 aromatic rings. The molecule has 0 saturated carbocycles. The van der Waals surface area contributed by atoms with Crippen LogP contribution in [0.4, 0.5) is 0 Å². The Morgan fingerprint density at radius 1 is 1.39 bits per heavy atom. The molecule has 1 aromatic carbocycles. The van der Waals surface area contributed by atoms with Gasteiger partial charge in [-0.1, -0.05) is 44.2 Å². The highest BCUT2D eigenvalue weighted by Gasteiger charge is 2.31. The lowest BCUT2D eigenvalue weighted by molar-refractivity contribution is 0.134. The maximum Gasteiger partial charge on any atom is 0.0914 e. The summed E-state index contributed by atoms with van der Waals surface area (Å²) in [6.45, 7) is 7.25. The lowest BCUT2D eigenvalue weighted by Gasteiger charge is -2.40. The highest BCUT2D eigenvalue weighted by atomic mass is 16.3. The van der Waals surface area contributed by atoms with E-state index in [4.69, 9.17) is 0 Å². The van der Waals surface area contributed by atoms with Crippen molar-refractivity contribution in [3.63, 3.8) is 0 Å². The summed E-state index contributed by atoms with van der Waals surface area (Å²) in [4.78, 5) is 0. The number of aliphatic hydroxyl groups is 1. The molecular weight excluding hydrogens is 224 g/mol. The Kier molecular flexibility index (Phi) is 4.38. The van der Waals surface area contributed by atoms with Gasteiger partial charge in [-0.15, -0.1) is 0 Å². The summed E-state index contributed by atoms with van der Waals surface area (Å²) in [6, 6.07) is 10.3. The van der Waals surface area contributed by atoms with E-state index < -0.39 is 6.10 Å². The maximum atomic E-state index is 10.1. The van der Waals surface area contributed by atoms with Crippen molar-refractivity contribution in [1.82, 2.24) is 10.6 Å². The minimum Gasteiger partial charge on any atom is -0.387 e. The van der Waals surface area contributed by atoms with E-state index in [-0.39, 0.29) is 5.41 Å². The molecule has 18 heavy (non-hydrogen) atoms. The molecule has 1 heterocycles. The van der Waals surface area contributed by atoms with E-state index in [9.17, 15) is 5.11 Å². The van der Waals surface area contributed by atoms with Gasteiger partial charge in [0.1, 0.15) is 0 Å². The molecule has 1 aliphatic rings. The Labute approximate surface area is 110 Å². The number of piperidine rings is 1. The number of benzene rings is 1. The van der Waals surface area contributed by atoms with E-state index in [1.165, 1.54) is 0 Å². The molecular formula is C15H24N2O. The van der Waals surface area contributed by atoms with Crippen LogP contribution in [-0.2, 0) is 0 Å². The van der Waals surface area contributed by atoms with Crippen molar-refractivity contribution < 1.29 is 5.11 Å². The van der Waals surface area contributed by atoms with Gasteiger partial charge < -0.3 is 15.7 Å². The monoisotopic (exact) mass is 248 g/mol. The number of hydrogen-bond acceptors (Lipinski definition) is 3. The van der Waals surface area contributed by atoms with E-state index in [2.05, 4.69) is 24.5 Å². The quantitative estimate of drug-likeness (QED) is 0.760. The Morgan fingerprint density at radius 2 is 2.11 bits per heavy atom. The van der Waals surface area contributed by atoms with Gasteiger partial charge in [0.25, 0.3) is 0 Å². The first kappa shape index (κ1) is 13.5. The van der Waals surface area contributed by atoms with Crippen molar-refractivity contribution in [1.29, 1.82) is 0 Å².